The van der Waals surface area contributed by atoms with E-state index in [2.05, 4.69) is 16.7 Å². The molecule has 1 saturated carbocycles. The molecule has 0 heterocycles. The monoisotopic (exact) mass is 263 g/mol. The largest absolute Gasteiger partial charge is 0.395 e. The van der Waals surface area contributed by atoms with Crippen LogP contribution in [0.25, 0.3) is 0 Å². The Kier molecular flexibility index (Phi) is 4.92. The van der Waals surface area contributed by atoms with Crippen molar-refractivity contribution < 1.29 is 14.6 Å². The van der Waals surface area contributed by atoms with E-state index in [1.165, 1.54) is 12.1 Å². The fourth-order valence-corrected chi connectivity index (χ4v) is 2.12. The molecule has 1 aliphatic carbocycles. The Labute approximate surface area is 112 Å². The first-order valence-corrected chi connectivity index (χ1v) is 6.47. The summed E-state index contributed by atoms with van der Waals surface area (Å²) in [5.74, 6) is 5.01. The van der Waals surface area contributed by atoms with Crippen LogP contribution in [0.1, 0.15) is 24.0 Å². The summed E-state index contributed by atoms with van der Waals surface area (Å²) in [7, 11) is 0. The van der Waals surface area contributed by atoms with Crippen LogP contribution in [0.5, 0.6) is 0 Å². The van der Waals surface area contributed by atoms with Crippen molar-refractivity contribution in [2.24, 2.45) is 0 Å². The number of aliphatic hydroxyl groups excluding tert-OH is 2. The van der Waals surface area contributed by atoms with Crippen molar-refractivity contribution in [1.82, 2.24) is 4.90 Å². The Morgan fingerprint density at radius 1 is 1.32 bits per heavy atom. The lowest BCUT2D eigenvalue weighted by Gasteiger charge is -2.21. The molecular weight excluding hydrogens is 245 g/mol. The Morgan fingerprint density at radius 3 is 2.74 bits per heavy atom. The van der Waals surface area contributed by atoms with Crippen LogP contribution >= 0.6 is 0 Å². The SMILES string of the molecule is OCC#Cc1cc(F)ccc1CN(CCO)C1CC1. The second-order valence-corrected chi connectivity index (χ2v) is 4.69. The summed E-state index contributed by atoms with van der Waals surface area (Å²) in [6.45, 7) is 1.16. The van der Waals surface area contributed by atoms with Crippen molar-refractivity contribution in [3.05, 3.63) is 35.1 Å². The predicted molar refractivity (Wildman–Crippen MR) is 70.9 cm³/mol. The molecule has 0 saturated heterocycles. The van der Waals surface area contributed by atoms with Gasteiger partial charge < -0.3 is 10.2 Å². The number of halogens is 1. The Hall–Kier alpha value is -1.41. The number of aliphatic hydroxyl groups is 2. The molecule has 1 aliphatic rings. The second kappa shape index (κ2) is 6.67. The standard InChI is InChI=1S/C15H18FNO2/c16-14-4-3-13(12(10-14)2-1-8-18)11-17(7-9-19)15-5-6-15/h3-4,10,15,18-19H,5-9,11H2. The lowest BCUT2D eigenvalue weighted by molar-refractivity contribution is 0.183. The van der Waals surface area contributed by atoms with Gasteiger partial charge >= 0.3 is 0 Å². The molecule has 0 aromatic heterocycles. The Balaban J connectivity index is 2.17. The van der Waals surface area contributed by atoms with E-state index in [9.17, 15) is 4.39 Å². The molecule has 4 heteroatoms. The summed E-state index contributed by atoms with van der Waals surface area (Å²) in [6, 6.07) is 5.06. The van der Waals surface area contributed by atoms with Gasteiger partial charge in [0, 0.05) is 24.7 Å². The maximum Gasteiger partial charge on any atom is 0.124 e. The van der Waals surface area contributed by atoms with E-state index in [1.807, 2.05) is 0 Å². The lowest BCUT2D eigenvalue weighted by Crippen LogP contribution is -2.29. The summed E-state index contributed by atoms with van der Waals surface area (Å²) in [4.78, 5) is 2.19. The minimum atomic E-state index is -0.328. The van der Waals surface area contributed by atoms with Crippen molar-refractivity contribution in [1.29, 1.82) is 0 Å². The molecule has 1 aromatic carbocycles. The van der Waals surface area contributed by atoms with Crippen molar-refractivity contribution in [3.8, 4) is 11.8 Å². The third-order valence-electron chi connectivity index (χ3n) is 3.20. The normalized spacial score (nSPS) is 14.3. The summed E-state index contributed by atoms with van der Waals surface area (Å²) >= 11 is 0. The maximum absolute atomic E-state index is 13.2. The minimum Gasteiger partial charge on any atom is -0.395 e. The summed E-state index contributed by atoms with van der Waals surface area (Å²) in [5, 5.41) is 17.8. The van der Waals surface area contributed by atoms with Gasteiger partial charge in [0.1, 0.15) is 12.4 Å². The predicted octanol–water partition coefficient (Wildman–Crippen LogP) is 1.13. The first-order chi connectivity index (χ1) is 9.24. The number of benzene rings is 1. The van der Waals surface area contributed by atoms with Gasteiger partial charge in [-0.05, 0) is 30.5 Å². The average molecular weight is 263 g/mol. The molecule has 2 N–H and O–H groups in total. The van der Waals surface area contributed by atoms with E-state index < -0.39 is 0 Å². The second-order valence-electron chi connectivity index (χ2n) is 4.69. The van der Waals surface area contributed by atoms with E-state index in [-0.39, 0.29) is 19.0 Å². The molecule has 0 amide bonds. The van der Waals surface area contributed by atoms with Gasteiger partial charge in [-0.3, -0.25) is 4.90 Å². The van der Waals surface area contributed by atoms with Gasteiger partial charge in [0.15, 0.2) is 0 Å². The van der Waals surface area contributed by atoms with Gasteiger partial charge in [-0.1, -0.05) is 17.9 Å². The van der Waals surface area contributed by atoms with Gasteiger partial charge in [0.25, 0.3) is 0 Å². The molecule has 102 valence electrons. The number of hydrogen-bond acceptors (Lipinski definition) is 3. The van der Waals surface area contributed by atoms with E-state index in [4.69, 9.17) is 10.2 Å². The third-order valence-corrected chi connectivity index (χ3v) is 3.20. The van der Waals surface area contributed by atoms with Gasteiger partial charge in [0.05, 0.1) is 6.61 Å². The van der Waals surface area contributed by atoms with Crippen molar-refractivity contribution in [2.75, 3.05) is 19.8 Å². The number of hydrogen-bond donors (Lipinski definition) is 2. The zero-order valence-electron chi connectivity index (χ0n) is 10.8. The van der Waals surface area contributed by atoms with Crippen LogP contribution in [-0.4, -0.2) is 40.9 Å². The molecule has 1 fully saturated rings. The molecule has 19 heavy (non-hydrogen) atoms. The highest BCUT2D eigenvalue weighted by molar-refractivity contribution is 5.41. The molecule has 2 rings (SSSR count). The van der Waals surface area contributed by atoms with Crippen LogP contribution in [0.2, 0.25) is 0 Å². The van der Waals surface area contributed by atoms with E-state index >= 15 is 0 Å². The molecule has 0 atom stereocenters. The van der Waals surface area contributed by atoms with Gasteiger partial charge in [-0.15, -0.1) is 0 Å². The summed E-state index contributed by atoms with van der Waals surface area (Å²) in [5.41, 5.74) is 1.54. The highest BCUT2D eigenvalue weighted by Crippen LogP contribution is 2.28. The lowest BCUT2D eigenvalue weighted by atomic mass is 10.1. The fraction of sp³-hybridized carbons (Fsp3) is 0.467. The van der Waals surface area contributed by atoms with Gasteiger partial charge in [-0.25, -0.2) is 4.39 Å². The molecule has 0 aliphatic heterocycles. The molecule has 1 aromatic rings. The summed E-state index contributed by atoms with van der Waals surface area (Å²) < 4.78 is 13.2. The molecule has 0 spiro atoms. The number of rotatable bonds is 5. The van der Waals surface area contributed by atoms with E-state index in [0.29, 0.717) is 24.7 Å². The smallest absolute Gasteiger partial charge is 0.124 e. The van der Waals surface area contributed by atoms with Crippen LogP contribution in [-0.2, 0) is 6.54 Å². The van der Waals surface area contributed by atoms with Crippen molar-refractivity contribution in [2.45, 2.75) is 25.4 Å². The molecule has 0 bridgehead atoms. The zero-order chi connectivity index (χ0) is 13.7. The van der Waals surface area contributed by atoms with Crippen molar-refractivity contribution in [3.63, 3.8) is 0 Å². The van der Waals surface area contributed by atoms with E-state index in [0.717, 1.165) is 18.4 Å². The van der Waals surface area contributed by atoms with Crippen LogP contribution in [0, 0.1) is 17.7 Å². The fourth-order valence-electron chi connectivity index (χ4n) is 2.12. The van der Waals surface area contributed by atoms with Crippen LogP contribution < -0.4 is 0 Å². The quantitative estimate of drug-likeness (QED) is 0.783. The number of nitrogens with zero attached hydrogens (tertiary/aromatic N) is 1. The zero-order valence-corrected chi connectivity index (χ0v) is 10.8. The Morgan fingerprint density at radius 2 is 2.11 bits per heavy atom. The first-order valence-electron chi connectivity index (χ1n) is 6.47. The molecule has 0 radical (unpaired) electrons. The van der Waals surface area contributed by atoms with Crippen LogP contribution in [0.15, 0.2) is 18.2 Å². The highest BCUT2D eigenvalue weighted by atomic mass is 19.1. The molecular formula is C15H18FNO2. The highest BCUT2D eigenvalue weighted by Gasteiger charge is 2.28. The topological polar surface area (TPSA) is 43.7 Å². The first kappa shape index (κ1) is 14.0. The van der Waals surface area contributed by atoms with Crippen LogP contribution in [0.4, 0.5) is 4.39 Å². The minimum absolute atomic E-state index is 0.120. The average Bonchev–Trinajstić information content (AvgIpc) is 3.22. The third kappa shape index (κ3) is 4.03. The summed E-state index contributed by atoms with van der Waals surface area (Å²) in [6.07, 6.45) is 2.30. The molecule has 0 unspecified atom stereocenters. The van der Waals surface area contributed by atoms with Crippen molar-refractivity contribution >= 4 is 0 Å². The maximum atomic E-state index is 13.2. The van der Waals surface area contributed by atoms with E-state index in [1.54, 1.807) is 6.07 Å². The molecule has 3 nitrogen and oxygen atoms in total. The Bertz CT molecular complexity index is 489. The van der Waals surface area contributed by atoms with Crippen LogP contribution in [0.3, 0.4) is 0 Å². The van der Waals surface area contributed by atoms with Gasteiger partial charge in [-0.2, -0.15) is 0 Å². The van der Waals surface area contributed by atoms with Gasteiger partial charge in [0.2, 0.25) is 0 Å².